The van der Waals surface area contributed by atoms with Crippen molar-refractivity contribution in [3.63, 3.8) is 0 Å². The van der Waals surface area contributed by atoms with Gasteiger partial charge in [0.05, 0.1) is 17.5 Å². The second-order valence-corrected chi connectivity index (χ2v) is 13.1. The monoisotopic (exact) mass is 550 g/mol. The number of rotatable bonds is 8. The summed E-state index contributed by atoms with van der Waals surface area (Å²) in [6.45, 7) is 0.965. The standard InChI is InChI=1S/C27H26Cl2F2N2O2S/c28-21-5-1-19(2-6-21)25(20-3-7-22(29)8-4-20)33-15-26(16-33,27(32)9-10-27)17-36(34,35)14-18-11-23(30)13-24(31)12-18/h1-8,11-13,25H,9-10,14-17,32H2. The van der Waals surface area contributed by atoms with Crippen molar-refractivity contribution in [2.45, 2.75) is 30.2 Å². The molecule has 0 aromatic heterocycles. The van der Waals surface area contributed by atoms with Gasteiger partial charge in [-0.2, -0.15) is 0 Å². The maximum Gasteiger partial charge on any atom is 0.155 e. The van der Waals surface area contributed by atoms with Gasteiger partial charge >= 0.3 is 0 Å². The third kappa shape index (κ3) is 5.18. The van der Waals surface area contributed by atoms with Gasteiger partial charge < -0.3 is 5.73 Å². The molecule has 0 unspecified atom stereocenters. The lowest BCUT2D eigenvalue weighted by molar-refractivity contribution is -0.0311. The Morgan fingerprint density at radius 3 is 1.78 bits per heavy atom. The van der Waals surface area contributed by atoms with E-state index in [1.807, 2.05) is 48.5 Å². The molecule has 3 aromatic rings. The van der Waals surface area contributed by atoms with Crippen LogP contribution in [0, 0.1) is 17.0 Å². The molecule has 4 nitrogen and oxygen atoms in total. The molecule has 2 fully saturated rings. The molecule has 1 heterocycles. The number of halogens is 4. The van der Waals surface area contributed by atoms with Crippen LogP contribution >= 0.6 is 23.2 Å². The molecular weight excluding hydrogens is 525 g/mol. The summed E-state index contributed by atoms with van der Waals surface area (Å²) in [6.07, 6.45) is 1.50. The lowest BCUT2D eigenvalue weighted by Gasteiger charge is -2.56. The molecule has 2 N–H and O–H groups in total. The van der Waals surface area contributed by atoms with Crippen molar-refractivity contribution in [2.75, 3.05) is 18.8 Å². The fraction of sp³-hybridized carbons (Fsp3) is 0.333. The van der Waals surface area contributed by atoms with Crippen molar-refractivity contribution in [1.82, 2.24) is 4.90 Å². The van der Waals surface area contributed by atoms with Crippen LogP contribution in [0.5, 0.6) is 0 Å². The average molecular weight is 551 g/mol. The summed E-state index contributed by atoms with van der Waals surface area (Å²) < 4.78 is 53.8. The van der Waals surface area contributed by atoms with Crippen molar-refractivity contribution in [3.8, 4) is 0 Å². The topological polar surface area (TPSA) is 63.4 Å². The van der Waals surface area contributed by atoms with E-state index < -0.39 is 38.2 Å². The normalized spacial score (nSPS) is 18.7. The summed E-state index contributed by atoms with van der Waals surface area (Å²) in [5, 5.41) is 1.26. The Bertz CT molecular complexity index is 1310. The molecule has 36 heavy (non-hydrogen) atoms. The average Bonchev–Trinajstić information content (AvgIpc) is 3.52. The van der Waals surface area contributed by atoms with Crippen LogP contribution in [0.25, 0.3) is 0 Å². The van der Waals surface area contributed by atoms with Gasteiger partial charge in [-0.05, 0) is 65.9 Å². The maximum atomic E-state index is 13.7. The molecule has 3 aromatic carbocycles. The minimum absolute atomic E-state index is 0.0981. The number of nitrogens with two attached hydrogens (primary N) is 1. The Morgan fingerprint density at radius 1 is 0.861 bits per heavy atom. The van der Waals surface area contributed by atoms with Crippen LogP contribution in [-0.4, -0.2) is 37.7 Å². The summed E-state index contributed by atoms with van der Waals surface area (Å²) in [5.74, 6) is -2.16. The van der Waals surface area contributed by atoms with Crippen LogP contribution in [0.2, 0.25) is 10.0 Å². The van der Waals surface area contributed by atoms with Crippen molar-refractivity contribution in [1.29, 1.82) is 0 Å². The molecule has 2 aliphatic rings. The lowest BCUT2D eigenvalue weighted by Crippen LogP contribution is -2.68. The third-order valence-electron chi connectivity index (χ3n) is 7.40. The minimum Gasteiger partial charge on any atom is -0.324 e. The minimum atomic E-state index is -3.69. The van der Waals surface area contributed by atoms with Crippen molar-refractivity contribution in [2.24, 2.45) is 11.1 Å². The summed E-state index contributed by atoms with van der Waals surface area (Å²) in [6, 6.07) is 17.9. The van der Waals surface area contributed by atoms with Gasteiger partial charge in [0.2, 0.25) is 0 Å². The molecule has 5 rings (SSSR count). The van der Waals surface area contributed by atoms with Crippen LogP contribution < -0.4 is 5.73 Å². The SMILES string of the molecule is NC1(C2(CS(=O)(=O)Cc3cc(F)cc(F)c3)CN(C(c3ccc(Cl)cc3)c3ccc(Cl)cc3)C2)CC1. The maximum absolute atomic E-state index is 13.7. The van der Waals surface area contributed by atoms with Crippen LogP contribution in [0.3, 0.4) is 0 Å². The number of nitrogens with zero attached hydrogens (tertiary/aromatic N) is 1. The van der Waals surface area contributed by atoms with E-state index in [9.17, 15) is 17.2 Å². The van der Waals surface area contributed by atoms with Gasteiger partial charge in [0.15, 0.2) is 9.84 Å². The molecule has 190 valence electrons. The van der Waals surface area contributed by atoms with E-state index in [0.29, 0.717) is 23.1 Å². The Morgan fingerprint density at radius 2 is 1.33 bits per heavy atom. The fourth-order valence-electron chi connectivity index (χ4n) is 5.45. The van der Waals surface area contributed by atoms with Gasteiger partial charge in [-0.3, -0.25) is 4.90 Å². The molecule has 1 aliphatic carbocycles. The van der Waals surface area contributed by atoms with Gasteiger partial charge in [-0.15, -0.1) is 0 Å². The van der Waals surface area contributed by atoms with E-state index in [4.69, 9.17) is 28.9 Å². The van der Waals surface area contributed by atoms with E-state index >= 15 is 0 Å². The molecule has 0 amide bonds. The number of benzene rings is 3. The van der Waals surface area contributed by atoms with Gasteiger partial charge in [-0.1, -0.05) is 47.5 Å². The Kier molecular flexibility index (Phi) is 6.67. The van der Waals surface area contributed by atoms with Gasteiger partial charge in [0.25, 0.3) is 0 Å². The second kappa shape index (κ2) is 9.37. The zero-order chi connectivity index (χ0) is 25.7. The zero-order valence-corrected chi connectivity index (χ0v) is 21.8. The lowest BCUT2D eigenvalue weighted by atomic mass is 9.71. The van der Waals surface area contributed by atoms with Crippen LogP contribution in [0.4, 0.5) is 8.78 Å². The molecule has 0 spiro atoms. The van der Waals surface area contributed by atoms with Crippen LogP contribution in [0.15, 0.2) is 66.7 Å². The smallest absolute Gasteiger partial charge is 0.155 e. The predicted molar refractivity (Wildman–Crippen MR) is 139 cm³/mol. The Hall–Kier alpha value is -2.03. The van der Waals surface area contributed by atoms with Gasteiger partial charge in [0.1, 0.15) is 11.6 Å². The quantitative estimate of drug-likeness (QED) is 0.386. The summed E-state index contributed by atoms with van der Waals surface area (Å²) in [4.78, 5) is 2.22. The first-order chi connectivity index (χ1) is 17.0. The van der Waals surface area contributed by atoms with E-state index in [1.54, 1.807) is 0 Å². The second-order valence-electron chi connectivity index (χ2n) is 10.2. The van der Waals surface area contributed by atoms with Crippen molar-refractivity contribution < 1.29 is 17.2 Å². The summed E-state index contributed by atoms with van der Waals surface area (Å²) >= 11 is 12.2. The molecule has 0 bridgehead atoms. The third-order valence-corrected chi connectivity index (χ3v) is 9.67. The first kappa shape index (κ1) is 25.6. The first-order valence-corrected chi connectivity index (χ1v) is 14.2. The van der Waals surface area contributed by atoms with Crippen molar-refractivity contribution >= 4 is 33.0 Å². The molecular formula is C27H26Cl2F2N2O2S. The summed E-state index contributed by atoms with van der Waals surface area (Å²) in [5.41, 5.74) is 7.59. The molecule has 1 saturated carbocycles. The Balaban J connectivity index is 1.42. The highest BCUT2D eigenvalue weighted by atomic mass is 35.5. The first-order valence-electron chi connectivity index (χ1n) is 11.7. The zero-order valence-electron chi connectivity index (χ0n) is 19.4. The van der Waals surface area contributed by atoms with Crippen LogP contribution in [-0.2, 0) is 15.6 Å². The summed E-state index contributed by atoms with van der Waals surface area (Å²) in [7, 11) is -3.69. The predicted octanol–water partition coefficient (Wildman–Crippen LogP) is 5.77. The highest BCUT2D eigenvalue weighted by Crippen LogP contribution is 2.56. The van der Waals surface area contributed by atoms with Crippen molar-refractivity contribution in [3.05, 3.63) is 105 Å². The molecule has 9 heteroatoms. The number of hydrogen-bond donors (Lipinski definition) is 1. The number of sulfone groups is 1. The molecule has 1 saturated heterocycles. The highest BCUT2D eigenvalue weighted by molar-refractivity contribution is 7.90. The number of likely N-dealkylation sites (tertiary alicyclic amines) is 1. The molecule has 1 aliphatic heterocycles. The van der Waals surface area contributed by atoms with E-state index in [-0.39, 0.29) is 17.4 Å². The van der Waals surface area contributed by atoms with E-state index in [0.717, 1.165) is 42.2 Å². The molecule has 0 atom stereocenters. The van der Waals surface area contributed by atoms with Crippen LogP contribution in [0.1, 0.15) is 35.6 Å². The highest BCUT2D eigenvalue weighted by Gasteiger charge is 2.64. The van der Waals surface area contributed by atoms with E-state index in [2.05, 4.69) is 4.90 Å². The van der Waals surface area contributed by atoms with E-state index in [1.165, 1.54) is 0 Å². The molecule has 0 radical (unpaired) electrons. The fourth-order valence-corrected chi connectivity index (χ4v) is 7.79. The van der Waals surface area contributed by atoms with Gasteiger partial charge in [0, 0.05) is 40.2 Å². The van der Waals surface area contributed by atoms with Gasteiger partial charge in [-0.25, -0.2) is 17.2 Å². The Labute approximate surface area is 219 Å². The largest absolute Gasteiger partial charge is 0.324 e. The number of hydrogen-bond acceptors (Lipinski definition) is 4.